The van der Waals surface area contributed by atoms with E-state index in [0.717, 1.165) is 49.4 Å². The molecule has 0 radical (unpaired) electrons. The topological polar surface area (TPSA) is 59.8 Å². The lowest BCUT2D eigenvalue weighted by atomic mass is 10.1. The minimum absolute atomic E-state index is 0.140. The van der Waals surface area contributed by atoms with Gasteiger partial charge in [-0.2, -0.15) is 0 Å². The lowest BCUT2D eigenvalue weighted by Crippen LogP contribution is -2.40. The first-order chi connectivity index (χ1) is 10.7. The molecule has 1 atom stereocenters. The van der Waals surface area contributed by atoms with Crippen LogP contribution in [0.3, 0.4) is 0 Å². The summed E-state index contributed by atoms with van der Waals surface area (Å²) in [4.78, 5) is 20.8. The molecule has 1 aliphatic rings. The highest BCUT2D eigenvalue weighted by molar-refractivity contribution is 5.76. The second-order valence-corrected chi connectivity index (χ2v) is 5.93. The maximum atomic E-state index is 12.1. The summed E-state index contributed by atoms with van der Waals surface area (Å²) in [5.74, 6) is 1.28. The van der Waals surface area contributed by atoms with E-state index < -0.39 is 0 Å². The first kappa shape index (κ1) is 14.8. The highest BCUT2D eigenvalue weighted by Crippen LogP contribution is 2.15. The molecule has 0 saturated carbocycles. The molecule has 0 saturated heterocycles. The quantitative estimate of drug-likeness (QED) is 0.919. The van der Waals surface area contributed by atoms with Gasteiger partial charge in [0, 0.05) is 43.5 Å². The van der Waals surface area contributed by atoms with Crippen LogP contribution in [0.2, 0.25) is 0 Å². The molecule has 1 aliphatic heterocycles. The third-order valence-corrected chi connectivity index (χ3v) is 4.04. The molecule has 116 valence electrons. The number of aromatic nitrogens is 3. The molecule has 1 amide bonds. The van der Waals surface area contributed by atoms with Crippen molar-refractivity contribution in [2.45, 2.75) is 51.6 Å². The lowest BCUT2D eigenvalue weighted by Gasteiger charge is -2.24. The van der Waals surface area contributed by atoms with Crippen LogP contribution in [0, 0.1) is 6.92 Å². The molecule has 1 unspecified atom stereocenters. The van der Waals surface area contributed by atoms with Crippen molar-refractivity contribution in [2.75, 3.05) is 0 Å². The van der Waals surface area contributed by atoms with Gasteiger partial charge in [0.1, 0.15) is 5.82 Å². The van der Waals surface area contributed by atoms with Crippen molar-refractivity contribution in [1.29, 1.82) is 0 Å². The van der Waals surface area contributed by atoms with E-state index >= 15 is 0 Å². The van der Waals surface area contributed by atoms with E-state index in [1.165, 1.54) is 0 Å². The first-order valence-electron chi connectivity index (χ1n) is 7.92. The molecule has 0 aliphatic carbocycles. The van der Waals surface area contributed by atoms with Crippen LogP contribution in [-0.2, 0) is 24.2 Å². The molecule has 22 heavy (non-hydrogen) atoms. The van der Waals surface area contributed by atoms with Gasteiger partial charge in [-0.25, -0.2) is 4.98 Å². The summed E-state index contributed by atoms with van der Waals surface area (Å²) in [6.45, 7) is 2.85. The Bertz CT molecular complexity index is 635. The zero-order valence-electron chi connectivity index (χ0n) is 13.0. The van der Waals surface area contributed by atoms with Crippen molar-refractivity contribution in [3.8, 4) is 0 Å². The number of hydrogen-bond acceptors (Lipinski definition) is 3. The van der Waals surface area contributed by atoms with Crippen molar-refractivity contribution in [3.05, 3.63) is 47.8 Å². The molecule has 5 nitrogen and oxygen atoms in total. The SMILES string of the molecule is Cc1cn2c(n1)CCC(NC(=O)CCCc1ccccn1)C2. The zero-order valence-corrected chi connectivity index (χ0v) is 13.0. The van der Waals surface area contributed by atoms with Crippen LogP contribution in [0.1, 0.15) is 36.5 Å². The van der Waals surface area contributed by atoms with Gasteiger partial charge in [0.25, 0.3) is 0 Å². The molecule has 0 aromatic carbocycles. The minimum Gasteiger partial charge on any atom is -0.352 e. The molecule has 3 rings (SSSR count). The van der Waals surface area contributed by atoms with Gasteiger partial charge in [0.15, 0.2) is 0 Å². The Kier molecular flexibility index (Phi) is 4.51. The standard InChI is InChI=1S/C17H22N4O/c1-13-11-21-12-15(8-9-16(21)19-13)20-17(22)7-4-6-14-5-2-3-10-18-14/h2-3,5,10-11,15H,4,6-9,12H2,1H3,(H,20,22). The van der Waals surface area contributed by atoms with Gasteiger partial charge in [0.05, 0.1) is 5.69 Å². The summed E-state index contributed by atoms with van der Waals surface area (Å²) in [6.07, 6.45) is 8.02. The van der Waals surface area contributed by atoms with Gasteiger partial charge in [-0.1, -0.05) is 6.07 Å². The average Bonchev–Trinajstić information content (AvgIpc) is 2.87. The average molecular weight is 298 g/mol. The largest absolute Gasteiger partial charge is 0.352 e. The monoisotopic (exact) mass is 298 g/mol. The summed E-state index contributed by atoms with van der Waals surface area (Å²) in [5.41, 5.74) is 2.10. The van der Waals surface area contributed by atoms with E-state index in [9.17, 15) is 4.79 Å². The molecule has 3 heterocycles. The van der Waals surface area contributed by atoms with Crippen LogP contribution in [0.25, 0.3) is 0 Å². The fourth-order valence-electron chi connectivity index (χ4n) is 2.98. The van der Waals surface area contributed by atoms with Gasteiger partial charge in [0.2, 0.25) is 5.91 Å². The molecule has 0 bridgehead atoms. The Morgan fingerprint density at radius 1 is 1.45 bits per heavy atom. The van der Waals surface area contributed by atoms with Crippen LogP contribution < -0.4 is 5.32 Å². The number of hydrogen-bond donors (Lipinski definition) is 1. The maximum absolute atomic E-state index is 12.1. The van der Waals surface area contributed by atoms with Crippen LogP contribution in [-0.4, -0.2) is 26.5 Å². The van der Waals surface area contributed by atoms with E-state index in [0.29, 0.717) is 6.42 Å². The number of nitrogens with zero attached hydrogens (tertiary/aromatic N) is 3. The second-order valence-electron chi connectivity index (χ2n) is 5.93. The smallest absolute Gasteiger partial charge is 0.220 e. The van der Waals surface area contributed by atoms with Crippen LogP contribution in [0.5, 0.6) is 0 Å². The van der Waals surface area contributed by atoms with Gasteiger partial charge in [-0.3, -0.25) is 9.78 Å². The number of amides is 1. The number of carbonyl (C=O) groups excluding carboxylic acids is 1. The second kappa shape index (κ2) is 6.73. The molecular formula is C17H22N4O. The lowest BCUT2D eigenvalue weighted by molar-refractivity contribution is -0.122. The molecule has 1 N–H and O–H groups in total. The summed E-state index contributed by atoms with van der Waals surface area (Å²) in [5, 5.41) is 3.15. The Labute approximate surface area is 130 Å². The molecule has 0 spiro atoms. The number of imidazole rings is 1. The summed E-state index contributed by atoms with van der Waals surface area (Å²) in [6, 6.07) is 6.12. The highest BCUT2D eigenvalue weighted by Gasteiger charge is 2.20. The number of rotatable bonds is 5. The molecule has 5 heteroatoms. The van der Waals surface area contributed by atoms with E-state index in [1.54, 1.807) is 6.20 Å². The normalized spacial score (nSPS) is 17.0. The highest BCUT2D eigenvalue weighted by atomic mass is 16.1. The number of fused-ring (bicyclic) bond motifs is 1. The van der Waals surface area contributed by atoms with Crippen molar-refractivity contribution >= 4 is 5.91 Å². The Morgan fingerprint density at radius 3 is 3.18 bits per heavy atom. The number of aryl methyl sites for hydroxylation is 3. The van der Waals surface area contributed by atoms with Gasteiger partial charge in [-0.05, 0) is 38.3 Å². The fraction of sp³-hybridized carbons (Fsp3) is 0.471. The van der Waals surface area contributed by atoms with Crippen LogP contribution >= 0.6 is 0 Å². The number of pyridine rings is 1. The van der Waals surface area contributed by atoms with Gasteiger partial charge < -0.3 is 9.88 Å². The van der Waals surface area contributed by atoms with Crippen molar-refractivity contribution in [3.63, 3.8) is 0 Å². The van der Waals surface area contributed by atoms with Gasteiger partial charge >= 0.3 is 0 Å². The van der Waals surface area contributed by atoms with E-state index in [4.69, 9.17) is 0 Å². The van der Waals surface area contributed by atoms with E-state index in [-0.39, 0.29) is 11.9 Å². The Morgan fingerprint density at radius 2 is 2.36 bits per heavy atom. The van der Waals surface area contributed by atoms with E-state index in [2.05, 4.69) is 26.0 Å². The third-order valence-electron chi connectivity index (χ3n) is 4.04. The van der Waals surface area contributed by atoms with Gasteiger partial charge in [-0.15, -0.1) is 0 Å². The molecule has 0 fully saturated rings. The maximum Gasteiger partial charge on any atom is 0.220 e. The minimum atomic E-state index is 0.140. The molecular weight excluding hydrogens is 276 g/mol. The zero-order chi connectivity index (χ0) is 15.4. The third kappa shape index (κ3) is 3.72. The Hall–Kier alpha value is -2.17. The van der Waals surface area contributed by atoms with E-state index in [1.807, 2.05) is 25.1 Å². The van der Waals surface area contributed by atoms with Crippen LogP contribution in [0.4, 0.5) is 0 Å². The predicted octanol–water partition coefficient (Wildman–Crippen LogP) is 2.04. The van der Waals surface area contributed by atoms with Crippen molar-refractivity contribution in [1.82, 2.24) is 19.9 Å². The first-order valence-corrected chi connectivity index (χ1v) is 7.92. The van der Waals surface area contributed by atoms with Crippen LogP contribution in [0.15, 0.2) is 30.6 Å². The van der Waals surface area contributed by atoms with Crippen molar-refractivity contribution in [2.24, 2.45) is 0 Å². The Balaban J connectivity index is 1.43. The molecule has 2 aromatic rings. The summed E-state index contributed by atoms with van der Waals surface area (Å²) in [7, 11) is 0. The number of nitrogens with one attached hydrogen (secondary N) is 1. The number of carbonyl (C=O) groups is 1. The predicted molar refractivity (Wildman–Crippen MR) is 84.4 cm³/mol. The fourth-order valence-corrected chi connectivity index (χ4v) is 2.98. The summed E-state index contributed by atoms with van der Waals surface area (Å²) < 4.78 is 2.16. The molecule has 2 aromatic heterocycles. The van der Waals surface area contributed by atoms with Crippen molar-refractivity contribution < 1.29 is 4.79 Å². The summed E-state index contributed by atoms with van der Waals surface area (Å²) >= 11 is 0.